The number of nitrogens with zero attached hydrogens (tertiary/aromatic N) is 5. The molecule has 1 saturated heterocycles. The van der Waals surface area contributed by atoms with Crippen molar-refractivity contribution < 1.29 is 18.0 Å². The van der Waals surface area contributed by atoms with Crippen molar-refractivity contribution in [2.45, 2.75) is 37.6 Å². The van der Waals surface area contributed by atoms with Crippen LogP contribution >= 0.6 is 0 Å². The van der Waals surface area contributed by atoms with Crippen LogP contribution in [0.2, 0.25) is 0 Å². The van der Waals surface area contributed by atoms with Gasteiger partial charge < -0.3 is 0 Å². The average molecular weight is 618 g/mol. The standard InChI is InChI=1S/C35H31N5O4S/c1-25-31(34(41)39(35(42)32(25)22-36)23-26-11-5-2-6-12-26)21-28-24-40(29-13-7-3-8-14-29)37-33(28)27-15-17-30(18-16-27)45(43,44)38-19-9-4-10-20-38/h2-3,5-8,11-18,21,24H,4,9-10,19-20,23H2,1H3/b31-21+. The van der Waals surface area contributed by atoms with Crippen molar-refractivity contribution in [3.05, 3.63) is 119 Å². The molecule has 1 aromatic heterocycles. The van der Waals surface area contributed by atoms with Crippen molar-refractivity contribution >= 4 is 27.9 Å². The van der Waals surface area contributed by atoms with E-state index in [9.17, 15) is 23.3 Å². The van der Waals surface area contributed by atoms with E-state index in [1.807, 2.05) is 66.7 Å². The van der Waals surface area contributed by atoms with Crippen LogP contribution in [-0.4, -0.2) is 52.3 Å². The number of hydrogen-bond donors (Lipinski definition) is 0. The van der Waals surface area contributed by atoms with Crippen LogP contribution in [0.5, 0.6) is 0 Å². The highest BCUT2D eigenvalue weighted by atomic mass is 32.2. The molecule has 2 amide bonds. The summed E-state index contributed by atoms with van der Waals surface area (Å²) < 4.78 is 29.8. The maximum Gasteiger partial charge on any atom is 0.271 e. The van der Waals surface area contributed by atoms with Crippen LogP contribution in [0.25, 0.3) is 23.0 Å². The average Bonchev–Trinajstić information content (AvgIpc) is 3.50. The van der Waals surface area contributed by atoms with E-state index in [1.54, 1.807) is 48.1 Å². The summed E-state index contributed by atoms with van der Waals surface area (Å²) in [7, 11) is -3.62. The Morgan fingerprint density at radius 3 is 2.16 bits per heavy atom. The number of sulfonamides is 1. The zero-order valence-electron chi connectivity index (χ0n) is 24.8. The van der Waals surface area contributed by atoms with Gasteiger partial charge in [-0.05, 0) is 61.2 Å². The highest BCUT2D eigenvalue weighted by molar-refractivity contribution is 7.89. The fourth-order valence-corrected chi connectivity index (χ4v) is 7.18. The van der Waals surface area contributed by atoms with Gasteiger partial charge in [-0.25, -0.2) is 13.1 Å². The van der Waals surface area contributed by atoms with Gasteiger partial charge in [-0.3, -0.25) is 14.5 Å². The first-order valence-corrected chi connectivity index (χ1v) is 16.2. The van der Waals surface area contributed by atoms with E-state index in [1.165, 1.54) is 4.31 Å². The van der Waals surface area contributed by atoms with Crippen LogP contribution in [0.1, 0.15) is 37.3 Å². The van der Waals surface area contributed by atoms with Crippen LogP contribution < -0.4 is 0 Å². The van der Waals surface area contributed by atoms with Gasteiger partial charge in [0, 0.05) is 36.0 Å². The van der Waals surface area contributed by atoms with Gasteiger partial charge in [0.25, 0.3) is 11.8 Å². The third-order valence-corrected chi connectivity index (χ3v) is 10.1. The summed E-state index contributed by atoms with van der Waals surface area (Å²) in [4.78, 5) is 28.4. The summed E-state index contributed by atoms with van der Waals surface area (Å²) in [6.45, 7) is 2.65. The topological polar surface area (TPSA) is 116 Å². The van der Waals surface area contributed by atoms with E-state index in [0.717, 1.165) is 35.4 Å². The number of piperidine rings is 1. The van der Waals surface area contributed by atoms with E-state index in [2.05, 4.69) is 0 Å². The minimum Gasteiger partial charge on any atom is -0.269 e. The molecular weight excluding hydrogens is 586 g/mol. The fourth-order valence-electron chi connectivity index (χ4n) is 5.66. The van der Waals surface area contributed by atoms with Crippen LogP contribution in [0, 0.1) is 11.3 Å². The number of carbonyl (C=O) groups excluding carboxylic acids is 2. The molecule has 1 fully saturated rings. The predicted octanol–water partition coefficient (Wildman–Crippen LogP) is 5.51. The molecule has 0 atom stereocenters. The molecule has 9 nitrogen and oxygen atoms in total. The van der Waals surface area contributed by atoms with Gasteiger partial charge in [0.05, 0.1) is 22.8 Å². The SMILES string of the molecule is CC1=C(C#N)C(=O)N(Cc2ccccc2)C(=O)/C1=C/c1cn(-c2ccccc2)nc1-c1ccc(S(=O)(=O)N2CCCCC2)cc1. The zero-order chi connectivity index (χ0) is 31.6. The van der Waals surface area contributed by atoms with E-state index in [4.69, 9.17) is 5.10 Å². The lowest BCUT2D eigenvalue weighted by molar-refractivity contribution is -0.141. The Hall–Kier alpha value is -5.11. The van der Waals surface area contributed by atoms with Gasteiger partial charge in [-0.15, -0.1) is 0 Å². The van der Waals surface area contributed by atoms with Crippen molar-refractivity contribution in [1.82, 2.24) is 19.0 Å². The van der Waals surface area contributed by atoms with Gasteiger partial charge in [0.15, 0.2) is 0 Å². The van der Waals surface area contributed by atoms with Crippen molar-refractivity contribution in [3.8, 4) is 23.0 Å². The third kappa shape index (κ3) is 5.88. The summed E-state index contributed by atoms with van der Waals surface area (Å²) in [5, 5.41) is 14.7. The van der Waals surface area contributed by atoms with Gasteiger partial charge in [0.2, 0.25) is 10.0 Å². The lowest BCUT2D eigenvalue weighted by atomic mass is 9.93. The van der Waals surface area contributed by atoms with Crippen molar-refractivity contribution in [2.24, 2.45) is 0 Å². The molecule has 0 N–H and O–H groups in total. The number of aromatic nitrogens is 2. The quantitative estimate of drug-likeness (QED) is 0.200. The molecule has 2 aliphatic rings. The second-order valence-corrected chi connectivity index (χ2v) is 13.0. The molecule has 0 bridgehead atoms. The lowest BCUT2D eigenvalue weighted by Crippen LogP contribution is -2.42. The third-order valence-electron chi connectivity index (χ3n) is 8.15. The first-order valence-electron chi connectivity index (χ1n) is 14.8. The second kappa shape index (κ2) is 12.5. The Bertz CT molecular complexity index is 1970. The molecular formula is C35H31N5O4S. The van der Waals surface area contributed by atoms with Gasteiger partial charge in [-0.1, -0.05) is 67.1 Å². The molecule has 0 aliphatic carbocycles. The van der Waals surface area contributed by atoms with Crippen molar-refractivity contribution in [3.63, 3.8) is 0 Å². The summed E-state index contributed by atoms with van der Waals surface area (Å²) in [5.41, 5.74) is 3.68. The first-order chi connectivity index (χ1) is 21.8. The molecule has 3 heterocycles. The molecule has 0 saturated carbocycles. The molecule has 2 aliphatic heterocycles. The number of rotatable bonds is 7. The van der Waals surface area contributed by atoms with Crippen molar-refractivity contribution in [1.29, 1.82) is 5.26 Å². The first kappa shape index (κ1) is 29.9. The normalized spacial score (nSPS) is 17.2. The molecule has 4 aromatic rings. The van der Waals surface area contributed by atoms with E-state index in [-0.39, 0.29) is 28.2 Å². The fraction of sp³-hybridized carbons (Fsp3) is 0.200. The Balaban J connectivity index is 1.43. The maximum atomic E-state index is 13.8. The lowest BCUT2D eigenvalue weighted by Gasteiger charge is -2.27. The maximum absolute atomic E-state index is 13.8. The highest BCUT2D eigenvalue weighted by Gasteiger charge is 2.36. The van der Waals surface area contributed by atoms with Crippen LogP contribution in [-0.2, 0) is 26.2 Å². The molecule has 0 spiro atoms. The molecule has 6 rings (SSSR count). The number of hydrogen-bond acceptors (Lipinski definition) is 6. The van der Waals surface area contributed by atoms with E-state index < -0.39 is 21.8 Å². The molecule has 3 aromatic carbocycles. The summed E-state index contributed by atoms with van der Waals surface area (Å²) in [5.74, 6) is -1.14. The van der Waals surface area contributed by atoms with Gasteiger partial charge in [0.1, 0.15) is 11.6 Å². The van der Waals surface area contributed by atoms with Gasteiger partial charge in [-0.2, -0.15) is 14.7 Å². The number of amides is 2. The second-order valence-electron chi connectivity index (χ2n) is 11.1. The summed E-state index contributed by atoms with van der Waals surface area (Å²) >= 11 is 0. The zero-order valence-corrected chi connectivity index (χ0v) is 25.6. The van der Waals surface area contributed by atoms with Crippen LogP contribution in [0.4, 0.5) is 0 Å². The number of carbonyl (C=O) groups is 2. The summed E-state index contributed by atoms with van der Waals surface area (Å²) in [6.07, 6.45) is 6.15. The Labute approximate surface area is 262 Å². The van der Waals surface area contributed by atoms with E-state index in [0.29, 0.717) is 29.9 Å². The monoisotopic (exact) mass is 617 g/mol. The number of imide groups is 1. The highest BCUT2D eigenvalue weighted by Crippen LogP contribution is 2.32. The van der Waals surface area contributed by atoms with E-state index >= 15 is 0 Å². The molecule has 0 radical (unpaired) electrons. The largest absolute Gasteiger partial charge is 0.271 e. The van der Waals surface area contributed by atoms with Crippen LogP contribution in [0.15, 0.2) is 113 Å². The minimum atomic E-state index is -3.62. The molecule has 45 heavy (non-hydrogen) atoms. The smallest absolute Gasteiger partial charge is 0.269 e. The number of benzene rings is 3. The number of nitriles is 1. The molecule has 226 valence electrons. The van der Waals surface area contributed by atoms with Gasteiger partial charge >= 0.3 is 0 Å². The Kier molecular flexibility index (Phi) is 8.30. The predicted molar refractivity (Wildman–Crippen MR) is 170 cm³/mol. The Morgan fingerprint density at radius 1 is 0.867 bits per heavy atom. The number of para-hydroxylation sites is 1. The Morgan fingerprint density at radius 2 is 1.51 bits per heavy atom. The van der Waals surface area contributed by atoms with Crippen LogP contribution in [0.3, 0.4) is 0 Å². The minimum absolute atomic E-state index is 0.0252. The van der Waals surface area contributed by atoms with Crippen molar-refractivity contribution in [2.75, 3.05) is 13.1 Å². The molecule has 0 unspecified atom stereocenters. The summed E-state index contributed by atoms with van der Waals surface area (Å²) in [6, 6.07) is 27.2. The molecule has 10 heteroatoms.